The van der Waals surface area contributed by atoms with Gasteiger partial charge in [-0.3, -0.25) is 0 Å². The van der Waals surface area contributed by atoms with E-state index in [0.717, 1.165) is 29.3 Å². The first-order chi connectivity index (χ1) is 9.19. The number of rotatable bonds is 5. The molecule has 0 radical (unpaired) electrons. The monoisotopic (exact) mass is 324 g/mol. The van der Waals surface area contributed by atoms with Gasteiger partial charge in [-0.05, 0) is 30.7 Å². The summed E-state index contributed by atoms with van der Waals surface area (Å²) in [4.78, 5) is 7.99. The van der Waals surface area contributed by atoms with Gasteiger partial charge in [0, 0.05) is 16.7 Å². The van der Waals surface area contributed by atoms with E-state index in [1.807, 2.05) is 31.2 Å². The fourth-order valence-corrected chi connectivity index (χ4v) is 1.71. The normalized spacial score (nSPS) is 10.3. The first-order valence-electron chi connectivity index (χ1n) is 5.98. The van der Waals surface area contributed by atoms with Gasteiger partial charge in [-0.1, -0.05) is 22.9 Å². The maximum Gasteiger partial charge on any atom is 0.224 e. The van der Waals surface area contributed by atoms with Gasteiger partial charge < -0.3 is 10.6 Å². The Morgan fingerprint density at radius 2 is 2.00 bits per heavy atom. The summed E-state index contributed by atoms with van der Waals surface area (Å²) in [6.45, 7) is 2.79. The topological polar surface area (TPSA) is 49.8 Å². The molecule has 0 aliphatic rings. The van der Waals surface area contributed by atoms with Crippen LogP contribution in [-0.2, 0) is 0 Å². The Morgan fingerprint density at radius 1 is 1.26 bits per heavy atom. The van der Waals surface area contributed by atoms with Crippen LogP contribution in [0.15, 0.2) is 34.9 Å². The number of hydrogen-bond acceptors (Lipinski definition) is 4. The summed E-state index contributed by atoms with van der Waals surface area (Å²) < 4.78 is 14.6. The minimum atomic E-state index is -0.482. The molecule has 0 bridgehead atoms. The molecule has 2 N–H and O–H groups in total. The average molecular weight is 325 g/mol. The third-order valence-corrected chi connectivity index (χ3v) is 2.91. The maximum absolute atomic E-state index is 13.6. The Labute approximate surface area is 119 Å². The summed E-state index contributed by atoms with van der Waals surface area (Å²) >= 11 is 3.35. The fraction of sp³-hybridized carbons (Fsp3) is 0.231. The van der Waals surface area contributed by atoms with Crippen molar-refractivity contribution in [3.8, 4) is 0 Å². The molecule has 0 unspecified atom stereocenters. The van der Waals surface area contributed by atoms with Crippen LogP contribution in [-0.4, -0.2) is 16.5 Å². The van der Waals surface area contributed by atoms with Gasteiger partial charge in [-0.15, -0.1) is 0 Å². The summed E-state index contributed by atoms with van der Waals surface area (Å²) in [5.41, 5.74) is 0.766. The SMILES string of the molecule is CCCNc1ncc(F)c(Nc2ccc(Br)cc2)n1. The van der Waals surface area contributed by atoms with Crippen molar-refractivity contribution in [2.45, 2.75) is 13.3 Å². The van der Waals surface area contributed by atoms with Crippen LogP contribution in [0.4, 0.5) is 21.8 Å². The van der Waals surface area contributed by atoms with Gasteiger partial charge >= 0.3 is 0 Å². The lowest BCUT2D eigenvalue weighted by Crippen LogP contribution is -2.07. The van der Waals surface area contributed by atoms with E-state index < -0.39 is 5.82 Å². The van der Waals surface area contributed by atoms with Crippen molar-refractivity contribution in [3.63, 3.8) is 0 Å². The summed E-state index contributed by atoms with van der Waals surface area (Å²) in [5.74, 6) is 0.101. The lowest BCUT2D eigenvalue weighted by molar-refractivity contribution is 0.619. The van der Waals surface area contributed by atoms with Crippen LogP contribution in [0.25, 0.3) is 0 Å². The molecular weight excluding hydrogens is 311 g/mol. The minimum absolute atomic E-state index is 0.163. The quantitative estimate of drug-likeness (QED) is 0.874. The Kier molecular flexibility index (Phi) is 4.68. The number of halogens is 2. The highest BCUT2D eigenvalue weighted by atomic mass is 79.9. The van der Waals surface area contributed by atoms with Crippen LogP contribution < -0.4 is 10.6 Å². The van der Waals surface area contributed by atoms with E-state index in [2.05, 4.69) is 36.5 Å². The van der Waals surface area contributed by atoms with Crippen LogP contribution in [0.2, 0.25) is 0 Å². The number of hydrogen-bond donors (Lipinski definition) is 2. The van der Waals surface area contributed by atoms with Gasteiger partial charge in [0.15, 0.2) is 11.6 Å². The zero-order chi connectivity index (χ0) is 13.7. The highest BCUT2D eigenvalue weighted by Crippen LogP contribution is 2.20. The highest BCUT2D eigenvalue weighted by molar-refractivity contribution is 9.10. The van der Waals surface area contributed by atoms with Gasteiger partial charge in [0.1, 0.15) is 0 Å². The molecule has 6 heteroatoms. The van der Waals surface area contributed by atoms with Crippen molar-refractivity contribution in [2.24, 2.45) is 0 Å². The molecular formula is C13H14BrFN4. The molecule has 2 aromatic rings. The summed E-state index contributed by atoms with van der Waals surface area (Å²) in [6, 6.07) is 7.42. The molecule has 19 heavy (non-hydrogen) atoms. The van der Waals surface area contributed by atoms with Gasteiger partial charge in [0.25, 0.3) is 0 Å². The lowest BCUT2D eigenvalue weighted by Gasteiger charge is -2.09. The van der Waals surface area contributed by atoms with E-state index in [4.69, 9.17) is 0 Å². The number of aromatic nitrogens is 2. The number of anilines is 3. The second-order valence-corrected chi connectivity index (χ2v) is 4.86. The van der Waals surface area contributed by atoms with Crippen LogP contribution in [0.5, 0.6) is 0 Å². The van der Waals surface area contributed by atoms with Crippen molar-refractivity contribution >= 4 is 33.4 Å². The van der Waals surface area contributed by atoms with E-state index >= 15 is 0 Å². The summed E-state index contributed by atoms with van der Waals surface area (Å²) in [6.07, 6.45) is 2.11. The van der Waals surface area contributed by atoms with Crippen LogP contribution in [0, 0.1) is 5.82 Å². The molecule has 1 aromatic heterocycles. The van der Waals surface area contributed by atoms with Gasteiger partial charge in [-0.2, -0.15) is 4.98 Å². The predicted octanol–water partition coefficient (Wildman–Crippen LogP) is 3.94. The van der Waals surface area contributed by atoms with Crippen molar-refractivity contribution in [3.05, 3.63) is 40.8 Å². The molecule has 1 heterocycles. The standard InChI is InChI=1S/C13H14BrFN4/c1-2-7-16-13-17-8-11(15)12(19-13)18-10-5-3-9(14)4-6-10/h3-6,8H,2,7H2,1H3,(H2,16,17,18,19). The van der Waals surface area contributed by atoms with E-state index in [1.54, 1.807) is 0 Å². The zero-order valence-corrected chi connectivity index (χ0v) is 12.0. The smallest absolute Gasteiger partial charge is 0.224 e. The van der Waals surface area contributed by atoms with Crippen molar-refractivity contribution in [2.75, 3.05) is 17.2 Å². The molecule has 0 amide bonds. The Bertz CT molecular complexity index is 545. The third kappa shape index (κ3) is 3.89. The Hall–Kier alpha value is -1.69. The Balaban J connectivity index is 2.16. The van der Waals surface area contributed by atoms with Crippen LogP contribution >= 0.6 is 15.9 Å². The second-order valence-electron chi connectivity index (χ2n) is 3.95. The lowest BCUT2D eigenvalue weighted by atomic mass is 10.3. The van der Waals surface area contributed by atoms with Crippen molar-refractivity contribution in [1.29, 1.82) is 0 Å². The van der Waals surface area contributed by atoms with E-state index in [1.165, 1.54) is 0 Å². The molecule has 0 saturated carbocycles. The maximum atomic E-state index is 13.6. The minimum Gasteiger partial charge on any atom is -0.354 e. The number of benzene rings is 1. The van der Waals surface area contributed by atoms with Gasteiger partial charge in [0.05, 0.1) is 6.20 Å². The predicted molar refractivity (Wildman–Crippen MR) is 78.2 cm³/mol. The van der Waals surface area contributed by atoms with Crippen molar-refractivity contribution in [1.82, 2.24) is 9.97 Å². The number of nitrogens with zero attached hydrogens (tertiary/aromatic N) is 2. The zero-order valence-electron chi connectivity index (χ0n) is 10.5. The molecule has 0 saturated heterocycles. The molecule has 1 aromatic carbocycles. The fourth-order valence-electron chi connectivity index (χ4n) is 1.45. The molecule has 0 spiro atoms. The molecule has 2 rings (SSSR count). The molecule has 4 nitrogen and oxygen atoms in total. The van der Waals surface area contributed by atoms with E-state index in [0.29, 0.717) is 5.95 Å². The summed E-state index contributed by atoms with van der Waals surface area (Å²) in [7, 11) is 0. The number of nitrogens with one attached hydrogen (secondary N) is 2. The van der Waals surface area contributed by atoms with Gasteiger partial charge in [0.2, 0.25) is 5.95 Å². The van der Waals surface area contributed by atoms with E-state index in [-0.39, 0.29) is 5.82 Å². The largest absolute Gasteiger partial charge is 0.354 e. The van der Waals surface area contributed by atoms with E-state index in [9.17, 15) is 4.39 Å². The first kappa shape index (κ1) is 13.7. The molecule has 100 valence electrons. The second kappa shape index (κ2) is 6.47. The van der Waals surface area contributed by atoms with Gasteiger partial charge in [-0.25, -0.2) is 9.37 Å². The van der Waals surface area contributed by atoms with Crippen LogP contribution in [0.1, 0.15) is 13.3 Å². The van der Waals surface area contributed by atoms with Crippen LogP contribution in [0.3, 0.4) is 0 Å². The van der Waals surface area contributed by atoms with Crippen molar-refractivity contribution < 1.29 is 4.39 Å². The summed E-state index contributed by atoms with van der Waals surface area (Å²) in [5, 5.41) is 5.95. The molecule has 0 fully saturated rings. The first-order valence-corrected chi connectivity index (χ1v) is 6.77. The molecule has 0 atom stereocenters. The highest BCUT2D eigenvalue weighted by Gasteiger charge is 2.07. The third-order valence-electron chi connectivity index (χ3n) is 2.38. The average Bonchev–Trinajstić information content (AvgIpc) is 2.42. The molecule has 0 aliphatic heterocycles. The molecule has 0 aliphatic carbocycles. The Morgan fingerprint density at radius 3 is 2.68 bits per heavy atom.